The molecule has 0 unspecified atom stereocenters. The number of aromatic nitrogens is 1. The second kappa shape index (κ2) is 4.53. The second-order valence-electron chi connectivity index (χ2n) is 3.32. The van der Waals surface area contributed by atoms with E-state index in [-0.39, 0.29) is 0 Å². The van der Waals surface area contributed by atoms with Crippen molar-refractivity contribution >= 4 is 21.6 Å². The lowest BCUT2D eigenvalue weighted by molar-refractivity contribution is 0.398. The summed E-state index contributed by atoms with van der Waals surface area (Å²) in [6, 6.07) is 9.50. The van der Waals surface area contributed by atoms with Gasteiger partial charge in [-0.3, -0.25) is 0 Å². The fourth-order valence-electron chi connectivity index (χ4n) is 1.44. The molecule has 4 heteroatoms. The maximum absolute atomic E-state index is 5.91. The topological polar surface area (TPSA) is 48.1 Å². The third-order valence-corrected chi connectivity index (χ3v) is 2.77. The molecule has 2 rings (SSSR count). The third-order valence-electron chi connectivity index (χ3n) is 2.27. The highest BCUT2D eigenvalue weighted by Crippen LogP contribution is 2.29. The van der Waals surface area contributed by atoms with Gasteiger partial charge in [-0.1, -0.05) is 15.9 Å². The molecule has 1 aromatic carbocycles. The average molecular weight is 279 g/mol. The summed E-state index contributed by atoms with van der Waals surface area (Å²) in [4.78, 5) is 4.15. The molecule has 1 aromatic heterocycles. The molecule has 0 aliphatic rings. The summed E-state index contributed by atoms with van der Waals surface area (Å²) in [7, 11) is 1.59. The number of rotatable bonds is 2. The summed E-state index contributed by atoms with van der Waals surface area (Å²) in [6.07, 6.45) is 1.75. The van der Waals surface area contributed by atoms with E-state index in [2.05, 4.69) is 20.9 Å². The van der Waals surface area contributed by atoms with Crippen molar-refractivity contribution in [1.82, 2.24) is 4.98 Å². The second-order valence-corrected chi connectivity index (χ2v) is 4.24. The molecule has 0 saturated heterocycles. The number of halogens is 1. The smallest absolute Gasteiger partial charge is 0.212 e. The molecular formula is C12H11BrN2O. The molecule has 16 heavy (non-hydrogen) atoms. The number of hydrogen-bond acceptors (Lipinski definition) is 3. The van der Waals surface area contributed by atoms with Gasteiger partial charge in [-0.2, -0.15) is 0 Å². The number of hydrogen-bond donors (Lipinski definition) is 1. The molecule has 0 atom stereocenters. The zero-order valence-electron chi connectivity index (χ0n) is 8.77. The first-order valence-corrected chi connectivity index (χ1v) is 5.55. The SMILES string of the molecule is COc1ccc(-c2cc(Br)ccc2N)cn1. The molecule has 0 bridgehead atoms. The fourth-order valence-corrected chi connectivity index (χ4v) is 1.80. The molecule has 82 valence electrons. The molecule has 0 amide bonds. The number of nitrogens with two attached hydrogens (primary N) is 1. The molecule has 0 fully saturated rings. The van der Waals surface area contributed by atoms with Crippen LogP contribution in [0.3, 0.4) is 0 Å². The lowest BCUT2D eigenvalue weighted by Crippen LogP contribution is -1.91. The van der Waals surface area contributed by atoms with Crippen molar-refractivity contribution in [3.05, 3.63) is 41.0 Å². The Kier molecular flexibility index (Phi) is 3.10. The Hall–Kier alpha value is -1.55. The van der Waals surface area contributed by atoms with Crippen LogP contribution in [-0.4, -0.2) is 12.1 Å². The number of ether oxygens (including phenoxy) is 1. The first-order valence-electron chi connectivity index (χ1n) is 4.76. The van der Waals surface area contributed by atoms with Crippen LogP contribution in [0.5, 0.6) is 5.88 Å². The van der Waals surface area contributed by atoms with Gasteiger partial charge in [-0.15, -0.1) is 0 Å². The predicted molar refractivity (Wildman–Crippen MR) is 68.3 cm³/mol. The Balaban J connectivity index is 2.45. The van der Waals surface area contributed by atoms with Crippen molar-refractivity contribution in [3.63, 3.8) is 0 Å². The summed E-state index contributed by atoms with van der Waals surface area (Å²) in [5.41, 5.74) is 8.58. The lowest BCUT2D eigenvalue weighted by atomic mass is 10.1. The van der Waals surface area contributed by atoms with Crippen LogP contribution in [-0.2, 0) is 0 Å². The Labute approximate surface area is 102 Å². The summed E-state index contributed by atoms with van der Waals surface area (Å²) >= 11 is 3.42. The van der Waals surface area contributed by atoms with E-state index in [0.29, 0.717) is 5.88 Å². The first kappa shape index (κ1) is 11.0. The van der Waals surface area contributed by atoms with Gasteiger partial charge in [0.25, 0.3) is 0 Å². The fraction of sp³-hybridized carbons (Fsp3) is 0.0833. The largest absolute Gasteiger partial charge is 0.481 e. The molecule has 0 saturated carbocycles. The van der Waals surface area contributed by atoms with Crippen LogP contribution in [0.4, 0.5) is 5.69 Å². The van der Waals surface area contributed by atoms with Crippen molar-refractivity contribution in [3.8, 4) is 17.0 Å². The molecule has 3 nitrogen and oxygen atoms in total. The van der Waals surface area contributed by atoms with Crippen molar-refractivity contribution in [2.24, 2.45) is 0 Å². The molecule has 2 aromatic rings. The van der Waals surface area contributed by atoms with Gasteiger partial charge in [-0.25, -0.2) is 4.98 Å². The molecule has 1 heterocycles. The van der Waals surface area contributed by atoms with Crippen molar-refractivity contribution in [2.45, 2.75) is 0 Å². The molecule has 0 aliphatic carbocycles. The van der Waals surface area contributed by atoms with E-state index in [9.17, 15) is 0 Å². The van der Waals surface area contributed by atoms with Gasteiger partial charge in [0, 0.05) is 33.6 Å². The van der Waals surface area contributed by atoms with Crippen LogP contribution >= 0.6 is 15.9 Å². The van der Waals surface area contributed by atoms with Crippen LogP contribution in [0.1, 0.15) is 0 Å². The maximum Gasteiger partial charge on any atom is 0.212 e. The number of pyridine rings is 1. The van der Waals surface area contributed by atoms with E-state index in [1.807, 2.05) is 30.3 Å². The standard InChI is InChI=1S/C12H11BrN2O/c1-16-12-5-2-8(7-15-12)10-6-9(13)3-4-11(10)14/h2-7H,14H2,1H3. The van der Waals surface area contributed by atoms with Gasteiger partial charge in [0.15, 0.2) is 0 Å². The number of nitrogen functional groups attached to an aromatic ring is 1. The minimum atomic E-state index is 0.595. The van der Waals surface area contributed by atoms with Crippen LogP contribution in [0.15, 0.2) is 41.0 Å². The zero-order chi connectivity index (χ0) is 11.5. The van der Waals surface area contributed by atoms with Gasteiger partial charge < -0.3 is 10.5 Å². The Morgan fingerprint density at radius 3 is 2.69 bits per heavy atom. The molecule has 0 aliphatic heterocycles. The van der Waals surface area contributed by atoms with Gasteiger partial charge in [-0.05, 0) is 24.3 Å². The Morgan fingerprint density at radius 2 is 2.06 bits per heavy atom. The van der Waals surface area contributed by atoms with E-state index >= 15 is 0 Å². The summed E-state index contributed by atoms with van der Waals surface area (Å²) < 4.78 is 6.00. The minimum Gasteiger partial charge on any atom is -0.481 e. The van der Waals surface area contributed by atoms with Crippen molar-refractivity contribution < 1.29 is 4.74 Å². The first-order chi connectivity index (χ1) is 7.70. The Bertz CT molecular complexity index is 497. The number of anilines is 1. The number of benzene rings is 1. The van der Waals surface area contributed by atoms with E-state index in [1.54, 1.807) is 13.3 Å². The molecule has 0 radical (unpaired) electrons. The number of methoxy groups -OCH3 is 1. The predicted octanol–water partition coefficient (Wildman–Crippen LogP) is 3.10. The van der Waals surface area contributed by atoms with Crippen LogP contribution in [0.2, 0.25) is 0 Å². The maximum atomic E-state index is 5.91. The highest BCUT2D eigenvalue weighted by molar-refractivity contribution is 9.10. The van der Waals surface area contributed by atoms with Crippen LogP contribution < -0.4 is 10.5 Å². The van der Waals surface area contributed by atoms with Gasteiger partial charge >= 0.3 is 0 Å². The minimum absolute atomic E-state index is 0.595. The van der Waals surface area contributed by atoms with Gasteiger partial charge in [0.2, 0.25) is 5.88 Å². The van der Waals surface area contributed by atoms with Crippen LogP contribution in [0.25, 0.3) is 11.1 Å². The molecule has 2 N–H and O–H groups in total. The Morgan fingerprint density at radius 1 is 1.25 bits per heavy atom. The molecule has 0 spiro atoms. The molecular weight excluding hydrogens is 268 g/mol. The van der Waals surface area contributed by atoms with E-state index in [1.165, 1.54) is 0 Å². The summed E-state index contributed by atoms with van der Waals surface area (Å²) in [5, 5.41) is 0. The lowest BCUT2D eigenvalue weighted by Gasteiger charge is -2.06. The van der Waals surface area contributed by atoms with Gasteiger partial charge in [0.05, 0.1) is 7.11 Å². The highest BCUT2D eigenvalue weighted by atomic mass is 79.9. The highest BCUT2D eigenvalue weighted by Gasteiger charge is 2.04. The van der Waals surface area contributed by atoms with Crippen molar-refractivity contribution in [1.29, 1.82) is 0 Å². The monoisotopic (exact) mass is 278 g/mol. The normalized spacial score (nSPS) is 10.1. The quantitative estimate of drug-likeness (QED) is 0.859. The van der Waals surface area contributed by atoms with E-state index in [0.717, 1.165) is 21.3 Å². The van der Waals surface area contributed by atoms with Crippen molar-refractivity contribution in [2.75, 3.05) is 12.8 Å². The van der Waals surface area contributed by atoms with E-state index < -0.39 is 0 Å². The van der Waals surface area contributed by atoms with E-state index in [4.69, 9.17) is 10.5 Å². The summed E-state index contributed by atoms with van der Waals surface area (Å²) in [5.74, 6) is 0.595. The average Bonchev–Trinajstić information content (AvgIpc) is 2.32. The third kappa shape index (κ3) is 2.17. The number of nitrogens with zero attached hydrogens (tertiary/aromatic N) is 1. The zero-order valence-corrected chi connectivity index (χ0v) is 10.4. The summed E-state index contributed by atoms with van der Waals surface area (Å²) in [6.45, 7) is 0. The van der Waals surface area contributed by atoms with Gasteiger partial charge in [0.1, 0.15) is 0 Å². The van der Waals surface area contributed by atoms with Crippen LogP contribution in [0, 0.1) is 0 Å².